The summed E-state index contributed by atoms with van der Waals surface area (Å²) in [5.74, 6) is 0.925. The van der Waals surface area contributed by atoms with Crippen LogP contribution in [0.5, 0.6) is 0 Å². The smallest absolute Gasteiger partial charge is 0.360 e. The maximum Gasteiger partial charge on any atom is 0.422 e. The van der Waals surface area contributed by atoms with Crippen molar-refractivity contribution in [3.8, 4) is 11.4 Å². The molecule has 7 nitrogen and oxygen atoms in total. The van der Waals surface area contributed by atoms with Crippen LogP contribution in [0, 0.1) is 34.0 Å². The average Bonchev–Trinajstić information content (AvgIpc) is 4.05. The molecular weight excluding hydrogens is 868 g/mol. The Morgan fingerprint density at radius 2 is 0.943 bits per heavy atom. The first-order valence-electron chi connectivity index (χ1n) is 24.4. The van der Waals surface area contributed by atoms with Crippen LogP contribution in [0.4, 0.5) is 45.6 Å². The van der Waals surface area contributed by atoms with Gasteiger partial charge in [-0.2, -0.15) is 0 Å². The minimum atomic E-state index is -2.31. The van der Waals surface area contributed by atoms with Crippen LogP contribution < -0.4 is 45.1 Å². The number of aromatic nitrogens is 3. The van der Waals surface area contributed by atoms with Gasteiger partial charge in [0.1, 0.15) is 13.9 Å². The fraction of sp³-hybridized carbons (Fsp3) is 0.100. The van der Waals surface area contributed by atoms with E-state index >= 15 is 0 Å². The molecule has 3 aliphatic heterocycles. The number of rotatable bonds is 7. The summed E-state index contributed by atoms with van der Waals surface area (Å²) < 4.78 is 4.61. The average molecular weight is 920 g/mol. The third-order valence-corrected chi connectivity index (χ3v) is 18.7. The summed E-state index contributed by atoms with van der Waals surface area (Å²) in [6, 6.07) is 71.2. The first-order chi connectivity index (χ1) is 34.2. The first kappa shape index (κ1) is 42.1. The minimum Gasteiger partial charge on any atom is -0.360 e. The topological polar surface area (TPSA) is 34.7 Å². The monoisotopic (exact) mass is 919 g/mol. The van der Waals surface area contributed by atoms with Gasteiger partial charge in [-0.25, -0.2) is 4.98 Å². The van der Waals surface area contributed by atoms with E-state index in [1.54, 1.807) is 0 Å². The summed E-state index contributed by atoms with van der Waals surface area (Å²) in [7, 11) is -2.31. The Morgan fingerprint density at radius 1 is 0.443 bits per heavy atom. The van der Waals surface area contributed by atoms with Crippen LogP contribution in [-0.4, -0.2) is 31.6 Å². The van der Waals surface area contributed by atoms with Crippen LogP contribution in [0.25, 0.3) is 22.4 Å². The molecule has 0 atom stereocenters. The highest BCUT2D eigenvalue weighted by molar-refractivity contribution is 7.02. The minimum absolute atomic E-state index is 0.202. The molecule has 336 valence electrons. The van der Waals surface area contributed by atoms with Crippen LogP contribution in [-0.2, 0) is 0 Å². The molecule has 0 radical (unpaired) electrons. The zero-order valence-corrected chi connectivity index (χ0v) is 41.3. The van der Waals surface area contributed by atoms with Gasteiger partial charge in [0, 0.05) is 28.9 Å². The Bertz CT molecular complexity index is 3650. The Hall–Kier alpha value is -8.07. The van der Waals surface area contributed by atoms with Crippen molar-refractivity contribution in [1.29, 1.82) is 0 Å². The van der Waals surface area contributed by atoms with Crippen LogP contribution in [0.3, 0.4) is 0 Å². The van der Waals surface area contributed by atoms with E-state index < -0.39 is 8.07 Å². The number of fused-ring (bicyclic) bond motifs is 4. The Kier molecular flexibility index (Phi) is 9.62. The van der Waals surface area contributed by atoms with E-state index in [4.69, 9.17) is 4.98 Å². The summed E-state index contributed by atoms with van der Waals surface area (Å²) in [5, 5.41) is 2.82. The van der Waals surface area contributed by atoms with Crippen molar-refractivity contribution in [2.45, 2.75) is 40.8 Å². The van der Waals surface area contributed by atoms with Gasteiger partial charge in [0.15, 0.2) is 0 Å². The number of imidazole rings is 1. The third kappa shape index (κ3) is 6.22. The molecule has 5 heterocycles. The molecular formula is C60H51B2N7Si. The maximum atomic E-state index is 5.21. The van der Waals surface area contributed by atoms with Crippen molar-refractivity contribution in [1.82, 2.24) is 9.55 Å². The van der Waals surface area contributed by atoms with E-state index in [2.05, 4.69) is 270 Å². The van der Waals surface area contributed by atoms with Crippen LogP contribution >= 0.6 is 0 Å². The molecule has 0 unspecified atom stereocenters. The van der Waals surface area contributed by atoms with Gasteiger partial charge in [0.2, 0.25) is 0 Å². The van der Waals surface area contributed by atoms with Crippen LogP contribution in [0.1, 0.15) is 22.3 Å². The molecule has 0 spiro atoms. The fourth-order valence-corrected chi connectivity index (χ4v) is 14.9. The van der Waals surface area contributed by atoms with Crippen molar-refractivity contribution in [3.63, 3.8) is 0 Å². The molecule has 0 bridgehead atoms. The van der Waals surface area contributed by atoms with Crippen molar-refractivity contribution >= 4 is 100 Å². The van der Waals surface area contributed by atoms with Crippen molar-refractivity contribution < 1.29 is 4.57 Å². The Balaban J connectivity index is 1.08. The van der Waals surface area contributed by atoms with Gasteiger partial charge in [0.25, 0.3) is 6.33 Å². The SMILES string of the molecule is Cc1cccc(C)c1B1N(c2cccc(N3B(c4c(C)cccc4C)N(c4ccccc4)c4cccnc43)c2)c2cc3c(cc2N1c1ccccc1)[Si](C)(C)c1cccc2c1n-3[c-][n+]2-c1ccccc1. The number of benzene rings is 8. The van der Waals surface area contributed by atoms with Gasteiger partial charge in [-0.15, -0.1) is 0 Å². The summed E-state index contributed by atoms with van der Waals surface area (Å²) in [4.78, 5) is 15.4. The Morgan fingerprint density at radius 3 is 1.57 bits per heavy atom. The first-order valence-corrected chi connectivity index (χ1v) is 27.4. The van der Waals surface area contributed by atoms with E-state index in [9.17, 15) is 0 Å². The highest BCUT2D eigenvalue weighted by Crippen LogP contribution is 2.50. The van der Waals surface area contributed by atoms with Crippen molar-refractivity contribution in [2.75, 3.05) is 19.2 Å². The molecule has 2 aromatic heterocycles. The number of pyridine rings is 1. The predicted molar refractivity (Wildman–Crippen MR) is 295 cm³/mol. The zero-order chi connectivity index (χ0) is 47.4. The molecule has 10 aromatic rings. The highest BCUT2D eigenvalue weighted by Gasteiger charge is 2.49. The molecule has 0 amide bonds. The lowest BCUT2D eigenvalue weighted by molar-refractivity contribution is -0.572. The fourth-order valence-electron chi connectivity index (χ4n) is 11.9. The van der Waals surface area contributed by atoms with Gasteiger partial charge in [-0.05, 0) is 128 Å². The van der Waals surface area contributed by atoms with E-state index in [0.29, 0.717) is 0 Å². The van der Waals surface area contributed by atoms with E-state index in [-0.39, 0.29) is 14.0 Å². The Labute approximate surface area is 412 Å². The highest BCUT2D eigenvalue weighted by atomic mass is 28.3. The molecule has 0 aliphatic carbocycles. The van der Waals surface area contributed by atoms with E-state index in [0.717, 1.165) is 45.6 Å². The van der Waals surface area contributed by atoms with Crippen molar-refractivity contribution in [2.24, 2.45) is 0 Å². The molecule has 0 N–H and O–H groups in total. The zero-order valence-electron chi connectivity index (χ0n) is 40.3. The quantitative estimate of drug-likeness (QED) is 0.0904. The molecule has 0 saturated heterocycles. The lowest BCUT2D eigenvalue weighted by Gasteiger charge is -2.34. The van der Waals surface area contributed by atoms with Gasteiger partial charge in [0.05, 0.1) is 39.5 Å². The largest absolute Gasteiger partial charge is 0.422 e. The summed E-state index contributed by atoms with van der Waals surface area (Å²) in [5.41, 5.74) is 20.1. The van der Waals surface area contributed by atoms with Gasteiger partial charge >= 0.3 is 14.0 Å². The lowest BCUT2D eigenvalue weighted by Crippen LogP contribution is -2.57. The van der Waals surface area contributed by atoms with Gasteiger partial charge in [-0.3, -0.25) is 9.13 Å². The van der Waals surface area contributed by atoms with Gasteiger partial charge in [-0.1, -0.05) is 151 Å². The maximum absolute atomic E-state index is 5.21. The number of para-hydroxylation sites is 4. The molecule has 0 saturated carbocycles. The second-order valence-corrected chi connectivity index (χ2v) is 24.0. The number of anilines is 8. The molecule has 8 aromatic carbocycles. The third-order valence-electron chi connectivity index (χ3n) is 15.2. The lowest BCUT2D eigenvalue weighted by atomic mass is 9.60. The predicted octanol–water partition coefficient (Wildman–Crippen LogP) is 10.8. The summed E-state index contributed by atoms with van der Waals surface area (Å²) in [6.07, 6.45) is 5.83. The van der Waals surface area contributed by atoms with Gasteiger partial charge < -0.3 is 19.2 Å². The number of nitrogens with zero attached hydrogens (tertiary/aromatic N) is 7. The summed E-state index contributed by atoms with van der Waals surface area (Å²) >= 11 is 0. The molecule has 10 heteroatoms. The standard InChI is InChI=1S/C60H51B2N7Si/c1-41-21-16-22-42(2)57(41)61-67(47-29-14-9-15-30-47)53-39-56-54(65-40-64(45-25-10-7-11-26-45)50-33-19-35-55(59(50)65)70(56,5)6)38-52(53)68(61)48-31-18-32-49(37-48)69-60-51(34-20-36-63-60)66(46-27-12-8-13-28-46)62(69)58-43(3)23-17-24-44(58)4/h7-39H,1-6H3. The molecule has 70 heavy (non-hydrogen) atoms. The van der Waals surface area contributed by atoms with Crippen molar-refractivity contribution in [3.05, 3.63) is 229 Å². The number of hydrogen-bond donors (Lipinski definition) is 0. The number of aryl methyl sites for hydroxylation is 4. The molecule has 0 fully saturated rings. The van der Waals surface area contributed by atoms with E-state index in [1.807, 2.05) is 6.20 Å². The normalized spacial score (nSPS) is 14.4. The second-order valence-electron chi connectivity index (χ2n) is 19.6. The summed E-state index contributed by atoms with van der Waals surface area (Å²) in [6.45, 7) is 13.7. The molecule has 13 rings (SSSR count). The van der Waals surface area contributed by atoms with Crippen LogP contribution in [0.15, 0.2) is 200 Å². The van der Waals surface area contributed by atoms with E-state index in [1.165, 1.54) is 66.0 Å². The van der Waals surface area contributed by atoms with Crippen LogP contribution in [0.2, 0.25) is 13.1 Å². The second kappa shape index (κ2) is 16.0. The molecule has 3 aliphatic rings. The number of hydrogen-bond acceptors (Lipinski definition) is 5.